The van der Waals surface area contributed by atoms with Gasteiger partial charge in [-0.1, -0.05) is 76.2 Å². The van der Waals surface area contributed by atoms with Crippen LogP contribution in [0, 0.1) is 33.5 Å². The van der Waals surface area contributed by atoms with Crippen molar-refractivity contribution in [3.05, 3.63) is 0 Å². The highest BCUT2D eigenvalue weighted by atomic mass is 127. The summed E-state index contributed by atoms with van der Waals surface area (Å²) in [6.07, 6.45) is 2.20. The molecule has 0 aliphatic rings. The van der Waals surface area contributed by atoms with E-state index in [0.29, 0.717) is 26.2 Å². The molecule has 3 atom stereocenters. The highest BCUT2D eigenvalue weighted by molar-refractivity contribution is 14.1. The summed E-state index contributed by atoms with van der Waals surface area (Å²) in [7, 11) is 0. The Balaban J connectivity index is 4.88. The predicted molar refractivity (Wildman–Crippen MR) is 179 cm³/mol. The first-order valence-corrected chi connectivity index (χ1v) is 16.6. The number of aliphatic hydroxyl groups is 1. The fourth-order valence-electron chi connectivity index (χ4n) is 4.42. The van der Waals surface area contributed by atoms with E-state index in [2.05, 4.69) is 133 Å². The van der Waals surface area contributed by atoms with Gasteiger partial charge in [0.25, 0.3) is 0 Å². The number of esters is 1. The molecule has 0 aromatic rings. The number of ether oxygens (including phenoxy) is 4. The lowest BCUT2D eigenvalue weighted by molar-refractivity contribution is -0.158. The number of halogens is 1. The molecule has 0 spiro atoms. The zero-order chi connectivity index (χ0) is 32.7. The maximum absolute atomic E-state index is 12.9. The summed E-state index contributed by atoms with van der Waals surface area (Å²) in [5.74, 6) is -0.0548. The van der Waals surface area contributed by atoms with Gasteiger partial charge < -0.3 is 24.1 Å². The van der Waals surface area contributed by atoms with Crippen LogP contribution < -0.4 is 0 Å². The van der Waals surface area contributed by atoms with Crippen LogP contribution in [0.5, 0.6) is 0 Å². The molecule has 3 unspecified atom stereocenters. The molecular weight excluding hydrogens is 631 g/mol. The van der Waals surface area contributed by atoms with E-state index in [1.54, 1.807) is 0 Å². The quantitative estimate of drug-likeness (QED) is 0.0668. The second kappa shape index (κ2) is 15.4. The monoisotopic (exact) mass is 698 g/mol. The first-order chi connectivity index (χ1) is 18.1. The molecule has 0 saturated carbocycles. The highest BCUT2D eigenvalue weighted by Gasteiger charge is 2.46. The minimum Gasteiger partial charge on any atom is -0.463 e. The van der Waals surface area contributed by atoms with Crippen molar-refractivity contribution in [2.75, 3.05) is 33.0 Å². The molecule has 0 rings (SSSR count). The summed E-state index contributed by atoms with van der Waals surface area (Å²) < 4.78 is 24.3. The molecule has 0 amide bonds. The van der Waals surface area contributed by atoms with Crippen molar-refractivity contribution < 1.29 is 28.8 Å². The molecule has 0 heterocycles. The lowest BCUT2D eigenvalue weighted by atomic mass is 9.72. The molecule has 0 aromatic carbocycles. The van der Waals surface area contributed by atoms with Crippen molar-refractivity contribution in [1.29, 1.82) is 0 Å². The van der Waals surface area contributed by atoms with Gasteiger partial charge in [-0.3, -0.25) is 4.79 Å². The third kappa shape index (κ3) is 13.7. The van der Waals surface area contributed by atoms with E-state index in [9.17, 15) is 9.90 Å². The fourth-order valence-corrected chi connectivity index (χ4v) is 5.17. The van der Waals surface area contributed by atoms with Gasteiger partial charge in [0.05, 0.1) is 36.9 Å². The van der Waals surface area contributed by atoms with Gasteiger partial charge in [-0.2, -0.15) is 0 Å². The fraction of sp³-hybridized carbons (Fsp3) is 0.971. The third-order valence-corrected chi connectivity index (χ3v) is 11.2. The molecular formula is C34H67IO6. The van der Waals surface area contributed by atoms with Gasteiger partial charge in [0.2, 0.25) is 0 Å². The normalized spacial score (nSPS) is 17.2. The molecule has 0 aromatic heterocycles. The van der Waals surface area contributed by atoms with Crippen molar-refractivity contribution in [2.45, 2.75) is 145 Å². The van der Waals surface area contributed by atoms with Crippen LogP contribution in [0.15, 0.2) is 0 Å². The maximum atomic E-state index is 12.9. The van der Waals surface area contributed by atoms with Crippen molar-refractivity contribution >= 4 is 28.6 Å². The van der Waals surface area contributed by atoms with Crippen LogP contribution in [0.4, 0.5) is 0 Å². The number of hydrogen-bond donors (Lipinski definition) is 1. The Morgan fingerprint density at radius 1 is 0.756 bits per heavy atom. The smallest absolute Gasteiger partial charge is 0.309 e. The molecule has 6 nitrogen and oxygen atoms in total. The van der Waals surface area contributed by atoms with E-state index in [1.807, 2.05) is 0 Å². The summed E-state index contributed by atoms with van der Waals surface area (Å²) in [5, 5.41) is 9.48. The lowest BCUT2D eigenvalue weighted by Crippen LogP contribution is -2.48. The SMILES string of the molecule is CC(COC(C)(C)C(C)(C)CCO)C(C)(C)C(C)(I)OCCC(C)(C)OCCOC(=O)C(CC(C)(C)C)C(C)(C)C. The Morgan fingerprint density at radius 3 is 1.76 bits per heavy atom. The van der Waals surface area contributed by atoms with Crippen molar-refractivity contribution in [3.8, 4) is 0 Å². The van der Waals surface area contributed by atoms with E-state index in [1.165, 1.54) is 0 Å². The van der Waals surface area contributed by atoms with Crippen LogP contribution in [0.25, 0.3) is 0 Å². The average molecular weight is 699 g/mol. The second-order valence-electron chi connectivity index (χ2n) is 16.8. The summed E-state index contributed by atoms with van der Waals surface area (Å²) in [5.41, 5.74) is -1.18. The third-order valence-electron chi connectivity index (χ3n) is 9.49. The topological polar surface area (TPSA) is 74.2 Å². The Labute approximate surface area is 267 Å². The lowest BCUT2D eigenvalue weighted by Gasteiger charge is -2.47. The van der Waals surface area contributed by atoms with E-state index in [-0.39, 0.29) is 58.3 Å². The molecule has 0 aliphatic heterocycles. The van der Waals surface area contributed by atoms with E-state index in [4.69, 9.17) is 18.9 Å². The Bertz CT molecular complexity index is 786. The summed E-state index contributed by atoms with van der Waals surface area (Å²) in [6, 6.07) is 0. The minimum absolute atomic E-state index is 0.0514. The summed E-state index contributed by atoms with van der Waals surface area (Å²) >= 11 is 2.43. The molecule has 0 saturated heterocycles. The Hall–Kier alpha value is 0.0400. The summed E-state index contributed by atoms with van der Waals surface area (Å²) in [6.45, 7) is 36.1. The second-order valence-corrected chi connectivity index (χ2v) is 18.8. The number of carbonyl (C=O) groups is 1. The van der Waals surface area contributed by atoms with Crippen molar-refractivity contribution in [1.82, 2.24) is 0 Å². The van der Waals surface area contributed by atoms with Crippen LogP contribution in [0.2, 0.25) is 0 Å². The van der Waals surface area contributed by atoms with E-state index >= 15 is 0 Å². The van der Waals surface area contributed by atoms with Crippen LogP contribution in [0.1, 0.15) is 130 Å². The molecule has 0 fully saturated rings. The van der Waals surface area contributed by atoms with E-state index < -0.39 is 9.21 Å². The number of rotatable bonds is 18. The molecule has 1 N–H and O–H groups in total. The zero-order valence-corrected chi connectivity index (χ0v) is 31.8. The van der Waals surface area contributed by atoms with Crippen molar-refractivity contribution in [2.24, 2.45) is 33.5 Å². The van der Waals surface area contributed by atoms with Crippen LogP contribution in [0.3, 0.4) is 0 Å². The van der Waals surface area contributed by atoms with Gasteiger partial charge in [-0.15, -0.1) is 0 Å². The van der Waals surface area contributed by atoms with Gasteiger partial charge in [-0.25, -0.2) is 0 Å². The molecule has 0 aliphatic carbocycles. The molecule has 0 bridgehead atoms. The van der Waals surface area contributed by atoms with Crippen molar-refractivity contribution in [3.63, 3.8) is 0 Å². The summed E-state index contributed by atoms with van der Waals surface area (Å²) in [4.78, 5) is 12.9. The zero-order valence-electron chi connectivity index (χ0n) is 29.7. The number of alkyl halides is 1. The number of hydrogen-bond acceptors (Lipinski definition) is 6. The van der Waals surface area contributed by atoms with Gasteiger partial charge in [-0.05, 0) is 98.6 Å². The largest absolute Gasteiger partial charge is 0.463 e. The number of aliphatic hydroxyl groups excluding tert-OH is 1. The minimum atomic E-state index is -0.418. The standard InChI is InChI=1S/C34H67IO6/c1-25(24-41-33(14,15)30(8,9)17-19-36)32(12,13)34(16,35)40-20-18-31(10,11)39-22-21-38-27(37)26(29(5,6)7)23-28(2,3)4/h25-26,36H,17-24H2,1-16H3. The van der Waals surface area contributed by atoms with Crippen LogP contribution >= 0.6 is 22.6 Å². The first kappa shape index (κ1) is 41.0. The van der Waals surface area contributed by atoms with Crippen LogP contribution in [-0.2, 0) is 23.7 Å². The molecule has 0 radical (unpaired) electrons. The van der Waals surface area contributed by atoms with E-state index in [0.717, 1.165) is 12.8 Å². The van der Waals surface area contributed by atoms with Gasteiger partial charge >= 0.3 is 5.97 Å². The molecule has 246 valence electrons. The van der Waals surface area contributed by atoms with Crippen LogP contribution in [-0.4, -0.2) is 58.9 Å². The Morgan fingerprint density at radius 2 is 1.29 bits per heavy atom. The van der Waals surface area contributed by atoms with Gasteiger partial charge in [0, 0.05) is 12.0 Å². The number of carbonyl (C=O) groups excluding carboxylic acids is 1. The van der Waals surface area contributed by atoms with Gasteiger partial charge in [0.1, 0.15) is 10.2 Å². The molecule has 7 heteroatoms. The Kier molecular flexibility index (Phi) is 15.4. The molecule has 41 heavy (non-hydrogen) atoms. The first-order valence-electron chi connectivity index (χ1n) is 15.5. The average Bonchev–Trinajstić information content (AvgIpc) is 2.76. The predicted octanol–water partition coefficient (Wildman–Crippen LogP) is 8.85. The van der Waals surface area contributed by atoms with Gasteiger partial charge in [0.15, 0.2) is 0 Å². The maximum Gasteiger partial charge on any atom is 0.309 e. The highest BCUT2D eigenvalue weighted by Crippen LogP contribution is 2.47.